The van der Waals surface area contributed by atoms with Gasteiger partial charge in [0.1, 0.15) is 6.04 Å². The second kappa shape index (κ2) is 4.82. The third-order valence-corrected chi connectivity index (χ3v) is 4.97. The van der Waals surface area contributed by atoms with Crippen LogP contribution in [0.2, 0.25) is 0 Å². The molecule has 0 aromatic carbocycles. The van der Waals surface area contributed by atoms with Crippen molar-refractivity contribution in [3.8, 4) is 0 Å². The van der Waals surface area contributed by atoms with Gasteiger partial charge in [0.15, 0.2) is 0 Å². The van der Waals surface area contributed by atoms with Crippen LogP contribution in [0.1, 0.15) is 44.9 Å². The van der Waals surface area contributed by atoms with Gasteiger partial charge >= 0.3 is 5.97 Å². The molecule has 3 fully saturated rings. The molecule has 2 atom stereocenters. The lowest BCUT2D eigenvalue weighted by Crippen LogP contribution is -2.54. The minimum Gasteiger partial charge on any atom is -0.468 e. The second-order valence-electron chi connectivity index (χ2n) is 5.95. The number of carbonyl (C=O) groups is 1. The molecule has 102 valence electrons. The standard InChI is InChI=1S/C14H23NO3/c1-17-13(16)12-4-2-8-15(12)11-5-9-18-14(10-11)6-3-7-14/h11-12H,2-10H2,1H3. The van der Waals surface area contributed by atoms with E-state index in [4.69, 9.17) is 9.47 Å². The molecule has 3 rings (SSSR count). The topological polar surface area (TPSA) is 38.8 Å². The molecule has 0 radical (unpaired) electrons. The zero-order valence-electron chi connectivity index (χ0n) is 11.2. The molecule has 1 saturated carbocycles. The van der Waals surface area contributed by atoms with Crippen molar-refractivity contribution in [2.75, 3.05) is 20.3 Å². The van der Waals surface area contributed by atoms with Gasteiger partial charge in [-0.15, -0.1) is 0 Å². The van der Waals surface area contributed by atoms with Gasteiger partial charge in [0.2, 0.25) is 0 Å². The van der Waals surface area contributed by atoms with Crippen LogP contribution in [0.15, 0.2) is 0 Å². The molecule has 2 heterocycles. The highest BCUT2D eigenvalue weighted by Gasteiger charge is 2.46. The SMILES string of the molecule is COC(=O)C1CCCN1C1CCOC2(CCC2)C1. The minimum absolute atomic E-state index is 0.00442. The van der Waals surface area contributed by atoms with Crippen LogP contribution in [0.4, 0.5) is 0 Å². The normalized spacial score (nSPS) is 35.4. The molecule has 1 aliphatic carbocycles. The first kappa shape index (κ1) is 12.4. The number of rotatable bonds is 2. The van der Waals surface area contributed by atoms with Crippen LogP contribution in [-0.4, -0.2) is 48.8 Å². The largest absolute Gasteiger partial charge is 0.468 e. The predicted molar refractivity (Wildman–Crippen MR) is 67.3 cm³/mol. The van der Waals surface area contributed by atoms with Crippen molar-refractivity contribution in [1.29, 1.82) is 0 Å². The Kier molecular flexibility index (Phi) is 3.32. The predicted octanol–water partition coefficient (Wildman–Crippen LogP) is 1.73. The molecule has 0 aromatic heterocycles. The molecule has 4 nitrogen and oxygen atoms in total. The van der Waals surface area contributed by atoms with Gasteiger partial charge in [-0.3, -0.25) is 9.69 Å². The summed E-state index contributed by atoms with van der Waals surface area (Å²) in [6.07, 6.45) is 7.96. The van der Waals surface area contributed by atoms with E-state index in [9.17, 15) is 4.79 Å². The van der Waals surface area contributed by atoms with Gasteiger partial charge in [0.05, 0.1) is 12.7 Å². The van der Waals surface area contributed by atoms with Crippen LogP contribution >= 0.6 is 0 Å². The Balaban J connectivity index is 1.67. The second-order valence-corrected chi connectivity index (χ2v) is 5.95. The Morgan fingerprint density at radius 2 is 2.17 bits per heavy atom. The number of carbonyl (C=O) groups excluding carboxylic acids is 1. The van der Waals surface area contributed by atoms with E-state index in [0.29, 0.717) is 6.04 Å². The van der Waals surface area contributed by atoms with Crippen LogP contribution in [0.3, 0.4) is 0 Å². The maximum atomic E-state index is 11.8. The Morgan fingerprint density at radius 3 is 2.83 bits per heavy atom. The van der Waals surface area contributed by atoms with Crippen molar-refractivity contribution < 1.29 is 14.3 Å². The van der Waals surface area contributed by atoms with Crippen molar-refractivity contribution in [1.82, 2.24) is 4.90 Å². The maximum absolute atomic E-state index is 11.8. The van der Waals surface area contributed by atoms with E-state index in [1.165, 1.54) is 26.4 Å². The number of hydrogen-bond acceptors (Lipinski definition) is 4. The number of methoxy groups -OCH3 is 1. The Bertz CT molecular complexity index is 327. The van der Waals surface area contributed by atoms with E-state index in [1.54, 1.807) is 0 Å². The number of likely N-dealkylation sites (tertiary alicyclic amines) is 1. The lowest BCUT2D eigenvalue weighted by Gasteiger charge is -2.49. The molecule has 18 heavy (non-hydrogen) atoms. The van der Waals surface area contributed by atoms with E-state index < -0.39 is 0 Å². The molecule has 0 aromatic rings. The van der Waals surface area contributed by atoms with Crippen LogP contribution in [0.5, 0.6) is 0 Å². The summed E-state index contributed by atoms with van der Waals surface area (Å²) < 4.78 is 10.9. The van der Waals surface area contributed by atoms with Crippen molar-refractivity contribution in [3.05, 3.63) is 0 Å². The monoisotopic (exact) mass is 253 g/mol. The Morgan fingerprint density at radius 1 is 1.33 bits per heavy atom. The molecule has 0 bridgehead atoms. The number of ether oxygens (including phenoxy) is 2. The zero-order chi connectivity index (χ0) is 12.6. The molecule has 1 spiro atoms. The molecular formula is C14H23NO3. The van der Waals surface area contributed by atoms with Crippen LogP contribution < -0.4 is 0 Å². The fourth-order valence-corrected chi connectivity index (χ4v) is 3.82. The molecular weight excluding hydrogens is 230 g/mol. The minimum atomic E-state index is -0.0540. The van der Waals surface area contributed by atoms with Crippen LogP contribution in [-0.2, 0) is 14.3 Å². The average Bonchev–Trinajstić information content (AvgIpc) is 2.85. The van der Waals surface area contributed by atoms with Crippen molar-refractivity contribution in [2.24, 2.45) is 0 Å². The van der Waals surface area contributed by atoms with Gasteiger partial charge in [0.25, 0.3) is 0 Å². The summed E-state index contributed by atoms with van der Waals surface area (Å²) in [5, 5.41) is 0. The molecule has 2 saturated heterocycles. The van der Waals surface area contributed by atoms with Crippen molar-refractivity contribution in [2.45, 2.75) is 62.6 Å². The fraction of sp³-hybridized carbons (Fsp3) is 0.929. The van der Waals surface area contributed by atoms with Gasteiger partial charge < -0.3 is 9.47 Å². The highest BCUT2D eigenvalue weighted by molar-refractivity contribution is 5.76. The summed E-state index contributed by atoms with van der Waals surface area (Å²) in [4.78, 5) is 14.2. The summed E-state index contributed by atoms with van der Waals surface area (Å²) >= 11 is 0. The highest BCUT2D eigenvalue weighted by atomic mass is 16.5. The summed E-state index contributed by atoms with van der Waals surface area (Å²) in [6, 6.07) is 0.515. The number of hydrogen-bond donors (Lipinski definition) is 0. The first-order valence-electron chi connectivity index (χ1n) is 7.22. The number of nitrogens with zero attached hydrogens (tertiary/aromatic N) is 1. The highest BCUT2D eigenvalue weighted by Crippen LogP contribution is 2.44. The van der Waals surface area contributed by atoms with Gasteiger partial charge in [-0.2, -0.15) is 0 Å². The molecule has 0 amide bonds. The van der Waals surface area contributed by atoms with E-state index in [2.05, 4.69) is 4.90 Å². The van der Waals surface area contributed by atoms with E-state index in [0.717, 1.165) is 38.8 Å². The Hall–Kier alpha value is -0.610. The first-order valence-corrected chi connectivity index (χ1v) is 7.22. The molecule has 4 heteroatoms. The smallest absolute Gasteiger partial charge is 0.323 e. The van der Waals surface area contributed by atoms with Gasteiger partial charge in [-0.25, -0.2) is 0 Å². The quantitative estimate of drug-likeness (QED) is 0.703. The van der Waals surface area contributed by atoms with Gasteiger partial charge in [-0.05, 0) is 51.5 Å². The molecule has 0 N–H and O–H groups in total. The van der Waals surface area contributed by atoms with Crippen molar-refractivity contribution >= 4 is 5.97 Å². The van der Waals surface area contributed by atoms with Crippen LogP contribution in [0, 0.1) is 0 Å². The summed E-state index contributed by atoms with van der Waals surface area (Å²) in [5.74, 6) is -0.0540. The lowest BCUT2D eigenvalue weighted by molar-refractivity contribution is -0.160. The summed E-state index contributed by atoms with van der Waals surface area (Å²) in [6.45, 7) is 1.90. The lowest BCUT2D eigenvalue weighted by atomic mass is 9.73. The fourth-order valence-electron chi connectivity index (χ4n) is 3.82. The molecule has 2 aliphatic heterocycles. The third kappa shape index (κ3) is 2.05. The number of esters is 1. The summed E-state index contributed by atoms with van der Waals surface area (Å²) in [5.41, 5.74) is 0.159. The molecule has 2 unspecified atom stereocenters. The Labute approximate surface area is 109 Å². The molecule has 3 aliphatic rings. The van der Waals surface area contributed by atoms with E-state index >= 15 is 0 Å². The maximum Gasteiger partial charge on any atom is 0.323 e. The van der Waals surface area contributed by atoms with Gasteiger partial charge in [-0.1, -0.05) is 0 Å². The van der Waals surface area contributed by atoms with Gasteiger partial charge in [0, 0.05) is 12.6 Å². The first-order chi connectivity index (χ1) is 8.74. The zero-order valence-corrected chi connectivity index (χ0v) is 11.2. The van der Waals surface area contributed by atoms with Crippen molar-refractivity contribution in [3.63, 3.8) is 0 Å². The average molecular weight is 253 g/mol. The van der Waals surface area contributed by atoms with E-state index in [-0.39, 0.29) is 17.6 Å². The van der Waals surface area contributed by atoms with Crippen LogP contribution in [0.25, 0.3) is 0 Å². The summed E-state index contributed by atoms with van der Waals surface area (Å²) in [7, 11) is 1.50. The van der Waals surface area contributed by atoms with E-state index in [1.807, 2.05) is 0 Å². The third-order valence-electron chi connectivity index (χ3n) is 4.97.